The fraction of sp³-hybridized carbons (Fsp3) is 0.600. The normalized spacial score (nSPS) is 11.9. The van der Waals surface area contributed by atoms with Crippen molar-refractivity contribution in [1.82, 2.24) is 0 Å². The second kappa shape index (κ2) is 4.44. The van der Waals surface area contributed by atoms with E-state index in [4.69, 9.17) is 13.9 Å². The third-order valence-corrected chi connectivity index (χ3v) is 1.81. The smallest absolute Gasteiger partial charge is 0.225 e. The molecular weight excluding hydrogens is 168 g/mol. The Morgan fingerprint density at radius 1 is 1.31 bits per heavy atom. The predicted octanol–water partition coefficient (Wildman–Crippen LogP) is 2.53. The molecule has 0 radical (unpaired) electrons. The van der Waals surface area contributed by atoms with Crippen LogP contribution in [-0.4, -0.2) is 13.2 Å². The first-order valence-electron chi connectivity index (χ1n) is 4.54. The van der Waals surface area contributed by atoms with Crippen LogP contribution in [0.2, 0.25) is 0 Å². The third kappa shape index (κ3) is 2.32. The standard InChI is InChI=1S/C10H16O3/c1-4-12-10(3,13-5-2)9-7-6-8-11-9/h6-8H,4-5H2,1-3H3. The highest BCUT2D eigenvalue weighted by Crippen LogP contribution is 2.26. The summed E-state index contributed by atoms with van der Waals surface area (Å²) >= 11 is 0. The van der Waals surface area contributed by atoms with Gasteiger partial charge in [0.1, 0.15) is 0 Å². The zero-order chi connectivity index (χ0) is 9.73. The molecule has 0 aliphatic heterocycles. The van der Waals surface area contributed by atoms with Gasteiger partial charge in [0.2, 0.25) is 5.79 Å². The van der Waals surface area contributed by atoms with E-state index in [-0.39, 0.29) is 0 Å². The topological polar surface area (TPSA) is 31.6 Å². The Morgan fingerprint density at radius 3 is 2.31 bits per heavy atom. The molecule has 0 aromatic carbocycles. The maximum Gasteiger partial charge on any atom is 0.225 e. The van der Waals surface area contributed by atoms with E-state index >= 15 is 0 Å². The molecule has 3 nitrogen and oxygen atoms in total. The number of hydrogen-bond acceptors (Lipinski definition) is 3. The Morgan fingerprint density at radius 2 is 1.92 bits per heavy atom. The molecule has 1 aromatic heterocycles. The molecule has 1 aromatic rings. The van der Waals surface area contributed by atoms with Crippen molar-refractivity contribution in [2.75, 3.05) is 13.2 Å². The Labute approximate surface area is 78.6 Å². The van der Waals surface area contributed by atoms with Crippen LogP contribution in [-0.2, 0) is 15.3 Å². The number of furan rings is 1. The predicted molar refractivity (Wildman–Crippen MR) is 49.3 cm³/mol. The van der Waals surface area contributed by atoms with Crippen LogP contribution in [0.25, 0.3) is 0 Å². The number of rotatable bonds is 5. The van der Waals surface area contributed by atoms with Crippen LogP contribution in [0.4, 0.5) is 0 Å². The summed E-state index contributed by atoms with van der Waals surface area (Å²) in [5, 5.41) is 0. The van der Waals surface area contributed by atoms with Gasteiger partial charge in [0.05, 0.1) is 6.26 Å². The average molecular weight is 184 g/mol. The summed E-state index contributed by atoms with van der Waals surface area (Å²) in [6, 6.07) is 3.68. The fourth-order valence-corrected chi connectivity index (χ4v) is 1.27. The quantitative estimate of drug-likeness (QED) is 0.659. The Hall–Kier alpha value is -0.800. The molecule has 0 saturated carbocycles. The van der Waals surface area contributed by atoms with Gasteiger partial charge in [-0.25, -0.2) is 0 Å². The van der Waals surface area contributed by atoms with Crippen molar-refractivity contribution in [3.8, 4) is 0 Å². The van der Waals surface area contributed by atoms with Gasteiger partial charge in [0, 0.05) is 13.2 Å². The molecule has 0 unspecified atom stereocenters. The highest BCUT2D eigenvalue weighted by atomic mass is 16.7. The van der Waals surface area contributed by atoms with Crippen LogP contribution in [0, 0.1) is 0 Å². The average Bonchev–Trinajstić information content (AvgIpc) is 2.57. The minimum Gasteiger partial charge on any atom is -0.464 e. The van der Waals surface area contributed by atoms with E-state index in [2.05, 4.69) is 0 Å². The molecule has 1 rings (SSSR count). The SMILES string of the molecule is CCOC(C)(OCC)c1ccco1. The number of ether oxygens (including phenoxy) is 2. The third-order valence-electron chi connectivity index (χ3n) is 1.81. The van der Waals surface area contributed by atoms with Gasteiger partial charge in [-0.05, 0) is 32.9 Å². The monoisotopic (exact) mass is 184 g/mol. The highest BCUT2D eigenvalue weighted by molar-refractivity contribution is 5.04. The van der Waals surface area contributed by atoms with E-state index in [1.807, 2.05) is 32.9 Å². The van der Waals surface area contributed by atoms with Crippen LogP contribution in [0.15, 0.2) is 22.8 Å². The minimum atomic E-state index is -0.743. The van der Waals surface area contributed by atoms with Crippen LogP contribution >= 0.6 is 0 Å². The van der Waals surface area contributed by atoms with E-state index < -0.39 is 5.79 Å². The molecule has 0 spiro atoms. The van der Waals surface area contributed by atoms with Gasteiger partial charge in [-0.1, -0.05) is 0 Å². The fourth-order valence-electron chi connectivity index (χ4n) is 1.27. The van der Waals surface area contributed by atoms with Crippen LogP contribution in [0.5, 0.6) is 0 Å². The van der Waals surface area contributed by atoms with Crippen molar-refractivity contribution in [2.24, 2.45) is 0 Å². The second-order valence-corrected chi connectivity index (χ2v) is 2.79. The molecule has 0 N–H and O–H groups in total. The van der Waals surface area contributed by atoms with Crippen molar-refractivity contribution in [1.29, 1.82) is 0 Å². The Kier molecular flexibility index (Phi) is 3.51. The lowest BCUT2D eigenvalue weighted by atomic mass is 10.2. The van der Waals surface area contributed by atoms with Crippen LogP contribution in [0.1, 0.15) is 26.5 Å². The van der Waals surface area contributed by atoms with Gasteiger partial charge in [-0.15, -0.1) is 0 Å². The summed E-state index contributed by atoms with van der Waals surface area (Å²) < 4.78 is 16.3. The van der Waals surface area contributed by atoms with Gasteiger partial charge >= 0.3 is 0 Å². The molecule has 0 atom stereocenters. The van der Waals surface area contributed by atoms with Crippen LogP contribution in [0.3, 0.4) is 0 Å². The zero-order valence-corrected chi connectivity index (χ0v) is 8.37. The van der Waals surface area contributed by atoms with E-state index in [1.165, 1.54) is 0 Å². The summed E-state index contributed by atoms with van der Waals surface area (Å²) in [4.78, 5) is 0. The van der Waals surface area contributed by atoms with Gasteiger partial charge in [-0.3, -0.25) is 0 Å². The second-order valence-electron chi connectivity index (χ2n) is 2.79. The zero-order valence-electron chi connectivity index (χ0n) is 8.37. The van der Waals surface area contributed by atoms with E-state index in [9.17, 15) is 0 Å². The lowest BCUT2D eigenvalue weighted by Gasteiger charge is -2.26. The number of hydrogen-bond donors (Lipinski definition) is 0. The van der Waals surface area contributed by atoms with Gasteiger partial charge in [0.15, 0.2) is 5.76 Å². The largest absolute Gasteiger partial charge is 0.464 e. The molecule has 13 heavy (non-hydrogen) atoms. The first kappa shape index (κ1) is 10.3. The Bertz CT molecular complexity index is 222. The van der Waals surface area contributed by atoms with Gasteiger partial charge in [-0.2, -0.15) is 0 Å². The molecule has 0 aliphatic carbocycles. The van der Waals surface area contributed by atoms with Crippen molar-refractivity contribution in [3.05, 3.63) is 24.2 Å². The van der Waals surface area contributed by atoms with E-state index in [1.54, 1.807) is 6.26 Å². The molecule has 0 aliphatic rings. The molecule has 1 heterocycles. The minimum absolute atomic E-state index is 0.594. The van der Waals surface area contributed by atoms with E-state index in [0.29, 0.717) is 19.0 Å². The van der Waals surface area contributed by atoms with Gasteiger partial charge in [0.25, 0.3) is 0 Å². The lowest BCUT2D eigenvalue weighted by Crippen LogP contribution is -2.29. The summed E-state index contributed by atoms with van der Waals surface area (Å²) in [6.45, 7) is 6.91. The summed E-state index contributed by atoms with van der Waals surface area (Å²) in [5.74, 6) is -0.0382. The summed E-state index contributed by atoms with van der Waals surface area (Å²) in [7, 11) is 0. The van der Waals surface area contributed by atoms with Crippen molar-refractivity contribution >= 4 is 0 Å². The lowest BCUT2D eigenvalue weighted by molar-refractivity contribution is -0.239. The van der Waals surface area contributed by atoms with Gasteiger partial charge < -0.3 is 13.9 Å². The first-order valence-corrected chi connectivity index (χ1v) is 4.54. The van der Waals surface area contributed by atoms with E-state index in [0.717, 1.165) is 0 Å². The molecule has 3 heteroatoms. The summed E-state index contributed by atoms with van der Waals surface area (Å²) in [5.41, 5.74) is 0. The molecule has 0 amide bonds. The molecule has 0 saturated heterocycles. The van der Waals surface area contributed by atoms with Crippen molar-refractivity contribution in [3.63, 3.8) is 0 Å². The maximum atomic E-state index is 5.50. The van der Waals surface area contributed by atoms with Crippen molar-refractivity contribution < 1.29 is 13.9 Å². The molecule has 74 valence electrons. The van der Waals surface area contributed by atoms with Crippen molar-refractivity contribution in [2.45, 2.75) is 26.6 Å². The summed E-state index contributed by atoms with van der Waals surface area (Å²) in [6.07, 6.45) is 1.62. The molecule has 0 fully saturated rings. The molecular formula is C10H16O3. The molecule has 0 bridgehead atoms. The first-order chi connectivity index (χ1) is 6.23. The Balaban J connectivity index is 2.78. The maximum absolute atomic E-state index is 5.50. The highest BCUT2D eigenvalue weighted by Gasteiger charge is 2.30. The van der Waals surface area contributed by atoms with Crippen LogP contribution < -0.4 is 0 Å².